The molecule has 0 saturated heterocycles. The second kappa shape index (κ2) is 11.6. The molecular formula is C27H31N5O4. The maximum atomic E-state index is 13.1. The van der Waals surface area contributed by atoms with Gasteiger partial charge >= 0.3 is 0 Å². The van der Waals surface area contributed by atoms with Crippen molar-refractivity contribution in [2.75, 3.05) is 13.7 Å². The molecule has 0 saturated carbocycles. The van der Waals surface area contributed by atoms with Crippen LogP contribution in [0.2, 0.25) is 0 Å². The van der Waals surface area contributed by atoms with E-state index in [1.165, 1.54) is 0 Å². The molecule has 1 aliphatic rings. The minimum atomic E-state index is -0.255. The monoisotopic (exact) mass is 489 g/mol. The van der Waals surface area contributed by atoms with Gasteiger partial charge in [-0.05, 0) is 30.5 Å². The molecule has 2 aromatic carbocycles. The number of benzene rings is 2. The highest BCUT2D eigenvalue weighted by Gasteiger charge is 2.33. The van der Waals surface area contributed by atoms with E-state index in [0.717, 1.165) is 11.1 Å². The lowest BCUT2D eigenvalue weighted by molar-refractivity contribution is -0.120. The Labute approximate surface area is 210 Å². The van der Waals surface area contributed by atoms with Crippen LogP contribution in [0, 0.1) is 0 Å². The van der Waals surface area contributed by atoms with Gasteiger partial charge in [0.25, 0.3) is 5.91 Å². The predicted molar refractivity (Wildman–Crippen MR) is 134 cm³/mol. The number of ether oxygens (including phenoxy) is 1. The average Bonchev–Trinajstić information content (AvgIpc) is 3.52. The van der Waals surface area contributed by atoms with E-state index in [9.17, 15) is 14.7 Å². The summed E-state index contributed by atoms with van der Waals surface area (Å²) in [6.45, 7) is 4.36. The van der Waals surface area contributed by atoms with E-state index in [1.807, 2.05) is 36.4 Å². The molecular weight excluding hydrogens is 458 g/mol. The molecule has 0 fully saturated rings. The average molecular weight is 490 g/mol. The zero-order valence-electron chi connectivity index (χ0n) is 20.3. The largest absolute Gasteiger partial charge is 0.487 e. The summed E-state index contributed by atoms with van der Waals surface area (Å²) < 4.78 is 7.72. The van der Waals surface area contributed by atoms with E-state index < -0.39 is 0 Å². The number of rotatable bonds is 12. The van der Waals surface area contributed by atoms with Crippen LogP contribution in [-0.2, 0) is 24.4 Å². The molecule has 0 radical (unpaired) electrons. The second-order valence-corrected chi connectivity index (χ2v) is 8.73. The van der Waals surface area contributed by atoms with Crippen LogP contribution < -0.4 is 10.1 Å². The van der Waals surface area contributed by atoms with Crippen LogP contribution in [-0.4, -0.2) is 56.5 Å². The van der Waals surface area contributed by atoms with E-state index in [2.05, 4.69) is 22.2 Å². The number of hydrogen-bond acceptors (Lipinski definition) is 6. The molecule has 36 heavy (non-hydrogen) atoms. The summed E-state index contributed by atoms with van der Waals surface area (Å²) >= 11 is 0. The smallest absolute Gasteiger partial charge is 0.255 e. The Kier molecular flexibility index (Phi) is 8.12. The Morgan fingerprint density at radius 1 is 1.25 bits per heavy atom. The molecule has 0 aliphatic carbocycles. The Morgan fingerprint density at radius 2 is 2.06 bits per heavy atom. The second-order valence-electron chi connectivity index (χ2n) is 8.73. The molecule has 3 aromatic rings. The summed E-state index contributed by atoms with van der Waals surface area (Å²) in [7, 11) is 1.59. The fourth-order valence-electron chi connectivity index (χ4n) is 4.37. The minimum Gasteiger partial charge on any atom is -0.487 e. The van der Waals surface area contributed by atoms with Crippen molar-refractivity contribution in [2.24, 2.45) is 0 Å². The molecule has 1 aromatic heterocycles. The van der Waals surface area contributed by atoms with Gasteiger partial charge in [0.05, 0.1) is 31.4 Å². The number of aliphatic hydroxyl groups is 1. The lowest BCUT2D eigenvalue weighted by Crippen LogP contribution is -2.35. The lowest BCUT2D eigenvalue weighted by Gasteiger charge is -2.24. The van der Waals surface area contributed by atoms with E-state index in [-0.39, 0.29) is 37.1 Å². The minimum absolute atomic E-state index is 0.0624. The standard InChI is InChI=1S/C27H31N5O4/c1-3-21(12-13-26(34)28-2)31-16-24-23(27(31)35)10-7-11-25(24)36-18-20-15-32(30-29-20)22(17-33)14-19-8-5-4-6-9-19/h3-11,15,21-22,33H,1,12-14,16-18H2,2H3,(H,28,34)/t21?,22-/m1/s1. The highest BCUT2D eigenvalue weighted by atomic mass is 16.5. The van der Waals surface area contributed by atoms with E-state index >= 15 is 0 Å². The molecule has 2 atom stereocenters. The number of carbonyl (C=O) groups excluding carboxylic acids is 2. The third-order valence-electron chi connectivity index (χ3n) is 6.40. The Balaban J connectivity index is 1.42. The van der Waals surface area contributed by atoms with Gasteiger partial charge in [-0.15, -0.1) is 11.7 Å². The zero-order chi connectivity index (χ0) is 25.5. The van der Waals surface area contributed by atoms with Crippen molar-refractivity contribution in [3.63, 3.8) is 0 Å². The Bertz CT molecular complexity index is 1210. The van der Waals surface area contributed by atoms with Crippen LogP contribution in [0.4, 0.5) is 0 Å². The van der Waals surface area contributed by atoms with Crippen molar-refractivity contribution in [3.8, 4) is 5.75 Å². The maximum Gasteiger partial charge on any atom is 0.255 e. The maximum absolute atomic E-state index is 13.1. The first kappa shape index (κ1) is 25.1. The fraction of sp³-hybridized carbons (Fsp3) is 0.333. The van der Waals surface area contributed by atoms with E-state index in [0.29, 0.717) is 42.8 Å². The molecule has 188 valence electrons. The molecule has 4 rings (SSSR count). The number of nitrogens with one attached hydrogen (secondary N) is 1. The molecule has 2 N–H and O–H groups in total. The molecule has 9 heteroatoms. The van der Waals surface area contributed by atoms with Gasteiger partial charge in [-0.3, -0.25) is 9.59 Å². The summed E-state index contributed by atoms with van der Waals surface area (Å²) in [4.78, 5) is 26.5. The van der Waals surface area contributed by atoms with Crippen molar-refractivity contribution in [3.05, 3.63) is 89.8 Å². The van der Waals surface area contributed by atoms with Crippen molar-refractivity contribution in [2.45, 2.75) is 44.5 Å². The van der Waals surface area contributed by atoms with Gasteiger partial charge in [0, 0.05) is 24.6 Å². The third kappa shape index (κ3) is 5.63. The molecule has 1 aliphatic heterocycles. The molecule has 9 nitrogen and oxygen atoms in total. The first-order chi connectivity index (χ1) is 17.5. The third-order valence-corrected chi connectivity index (χ3v) is 6.40. The highest BCUT2D eigenvalue weighted by Crippen LogP contribution is 2.33. The molecule has 2 amide bonds. The number of fused-ring (bicyclic) bond motifs is 1. The number of amides is 2. The van der Waals surface area contributed by atoms with Crippen LogP contribution in [0.5, 0.6) is 5.75 Å². The Morgan fingerprint density at radius 3 is 2.78 bits per heavy atom. The number of carbonyl (C=O) groups is 2. The van der Waals surface area contributed by atoms with Gasteiger partial charge in [-0.1, -0.05) is 47.7 Å². The fourth-order valence-corrected chi connectivity index (χ4v) is 4.37. The predicted octanol–water partition coefficient (Wildman–Crippen LogP) is 2.67. The normalized spacial score (nSPS) is 14.3. The number of nitrogens with zero attached hydrogens (tertiary/aromatic N) is 4. The SMILES string of the molecule is C=CC(CCC(=O)NC)N1Cc2c(OCc3cn([C@@H](CO)Cc4ccccc4)nn3)cccc2C1=O. The molecule has 1 unspecified atom stereocenters. The summed E-state index contributed by atoms with van der Waals surface area (Å²) in [5, 5.41) is 20.9. The molecule has 0 spiro atoms. The van der Waals surface area contributed by atoms with E-state index in [4.69, 9.17) is 4.74 Å². The van der Waals surface area contributed by atoms with Crippen molar-refractivity contribution >= 4 is 11.8 Å². The van der Waals surface area contributed by atoms with Crippen LogP contribution in [0.15, 0.2) is 67.4 Å². The number of hydrogen-bond donors (Lipinski definition) is 2. The number of aliphatic hydroxyl groups excluding tert-OH is 1. The molecule has 2 heterocycles. The first-order valence-electron chi connectivity index (χ1n) is 12.0. The van der Waals surface area contributed by atoms with Gasteiger partial charge < -0.3 is 20.1 Å². The van der Waals surface area contributed by atoms with Gasteiger partial charge in [0.15, 0.2) is 0 Å². The van der Waals surface area contributed by atoms with Gasteiger partial charge in [-0.2, -0.15) is 0 Å². The van der Waals surface area contributed by atoms with E-state index in [1.54, 1.807) is 41.0 Å². The van der Waals surface area contributed by atoms with Crippen LogP contribution >= 0.6 is 0 Å². The summed E-state index contributed by atoms with van der Waals surface area (Å²) in [6, 6.07) is 14.8. The van der Waals surface area contributed by atoms with Crippen molar-refractivity contribution in [1.29, 1.82) is 0 Å². The highest BCUT2D eigenvalue weighted by molar-refractivity contribution is 5.99. The first-order valence-corrected chi connectivity index (χ1v) is 12.0. The summed E-state index contributed by atoms with van der Waals surface area (Å²) in [6.07, 6.45) is 4.92. The quantitative estimate of drug-likeness (QED) is 0.379. The summed E-state index contributed by atoms with van der Waals surface area (Å²) in [5.74, 6) is 0.431. The molecule has 0 bridgehead atoms. The van der Waals surface area contributed by atoms with Crippen LogP contribution in [0.25, 0.3) is 0 Å². The van der Waals surface area contributed by atoms with Crippen molar-refractivity contribution in [1.82, 2.24) is 25.2 Å². The topological polar surface area (TPSA) is 110 Å². The zero-order valence-corrected chi connectivity index (χ0v) is 20.3. The van der Waals surface area contributed by atoms with Gasteiger partial charge in [0.1, 0.15) is 18.1 Å². The van der Waals surface area contributed by atoms with Gasteiger partial charge in [0.2, 0.25) is 5.91 Å². The van der Waals surface area contributed by atoms with Crippen LogP contribution in [0.1, 0.15) is 46.1 Å². The lowest BCUT2D eigenvalue weighted by atomic mass is 10.1. The van der Waals surface area contributed by atoms with Crippen molar-refractivity contribution < 1.29 is 19.4 Å². The Hall–Kier alpha value is -3.98. The summed E-state index contributed by atoms with van der Waals surface area (Å²) in [5.41, 5.74) is 3.12. The number of aromatic nitrogens is 3. The van der Waals surface area contributed by atoms with Gasteiger partial charge in [-0.25, -0.2) is 4.68 Å². The van der Waals surface area contributed by atoms with Crippen LogP contribution in [0.3, 0.4) is 0 Å².